The zero-order chi connectivity index (χ0) is 18.0. The van der Waals surface area contributed by atoms with Crippen molar-refractivity contribution >= 4 is 40.4 Å². The maximum atomic E-state index is 12.6. The number of aromatic nitrogens is 2. The molecule has 1 aromatic carbocycles. The molecule has 0 fully saturated rings. The van der Waals surface area contributed by atoms with Crippen molar-refractivity contribution in [2.45, 2.75) is 19.9 Å². The maximum absolute atomic E-state index is 12.6. The van der Waals surface area contributed by atoms with E-state index in [4.69, 9.17) is 23.2 Å². The standard InChI is InChI=1S/C18H15Cl2N3OS/c1-10(13-7-6-12(19)9-14(13)20)22-17(24)16-11(2)23-18(25-16)15-5-3-4-8-21-15/h3-10H,1-2H3,(H,22,24)/t10-/m0/s1. The summed E-state index contributed by atoms with van der Waals surface area (Å²) in [6.07, 6.45) is 1.70. The molecule has 0 saturated carbocycles. The van der Waals surface area contributed by atoms with Gasteiger partial charge in [-0.1, -0.05) is 35.3 Å². The molecule has 7 heteroatoms. The fraction of sp³-hybridized carbons (Fsp3) is 0.167. The monoisotopic (exact) mass is 391 g/mol. The minimum Gasteiger partial charge on any atom is -0.345 e. The normalized spacial score (nSPS) is 12.0. The molecule has 3 aromatic rings. The largest absolute Gasteiger partial charge is 0.345 e. The van der Waals surface area contributed by atoms with Gasteiger partial charge in [0.2, 0.25) is 0 Å². The lowest BCUT2D eigenvalue weighted by molar-refractivity contribution is 0.0943. The van der Waals surface area contributed by atoms with Crippen LogP contribution in [-0.2, 0) is 0 Å². The molecule has 2 heterocycles. The summed E-state index contributed by atoms with van der Waals surface area (Å²) in [4.78, 5) is 21.9. The average molecular weight is 392 g/mol. The van der Waals surface area contributed by atoms with Crippen LogP contribution in [0.25, 0.3) is 10.7 Å². The van der Waals surface area contributed by atoms with E-state index in [9.17, 15) is 4.79 Å². The first-order valence-corrected chi connectivity index (χ1v) is 9.17. The zero-order valence-electron chi connectivity index (χ0n) is 13.6. The molecule has 1 atom stereocenters. The van der Waals surface area contributed by atoms with Crippen molar-refractivity contribution in [2.75, 3.05) is 0 Å². The number of hydrogen-bond donors (Lipinski definition) is 1. The number of hydrogen-bond acceptors (Lipinski definition) is 4. The van der Waals surface area contributed by atoms with E-state index >= 15 is 0 Å². The van der Waals surface area contributed by atoms with Crippen LogP contribution in [0.15, 0.2) is 42.6 Å². The van der Waals surface area contributed by atoms with Crippen LogP contribution in [0.4, 0.5) is 0 Å². The van der Waals surface area contributed by atoms with Gasteiger partial charge in [0.15, 0.2) is 0 Å². The second-order valence-corrected chi connectivity index (χ2v) is 7.35. The van der Waals surface area contributed by atoms with Gasteiger partial charge in [-0.2, -0.15) is 0 Å². The van der Waals surface area contributed by atoms with Crippen LogP contribution >= 0.6 is 34.5 Å². The fourth-order valence-electron chi connectivity index (χ4n) is 2.40. The molecular formula is C18H15Cl2N3OS. The summed E-state index contributed by atoms with van der Waals surface area (Å²) < 4.78 is 0. The lowest BCUT2D eigenvalue weighted by Crippen LogP contribution is -2.26. The Morgan fingerprint density at radius 2 is 2.04 bits per heavy atom. The van der Waals surface area contributed by atoms with Gasteiger partial charge in [-0.15, -0.1) is 11.3 Å². The van der Waals surface area contributed by atoms with E-state index < -0.39 is 0 Å². The van der Waals surface area contributed by atoms with E-state index in [0.29, 0.717) is 20.6 Å². The molecule has 0 aliphatic carbocycles. The Kier molecular flexibility index (Phi) is 5.37. The van der Waals surface area contributed by atoms with Gasteiger partial charge >= 0.3 is 0 Å². The first-order chi connectivity index (χ1) is 12.0. The van der Waals surface area contributed by atoms with Gasteiger partial charge in [-0.25, -0.2) is 4.98 Å². The predicted octanol–water partition coefficient (Wildman–Crippen LogP) is 5.31. The number of pyridine rings is 1. The minimum absolute atomic E-state index is 0.185. The van der Waals surface area contributed by atoms with Gasteiger partial charge in [0.1, 0.15) is 9.88 Å². The molecule has 0 bridgehead atoms. The van der Waals surface area contributed by atoms with E-state index in [2.05, 4.69) is 15.3 Å². The minimum atomic E-state index is -0.253. The third kappa shape index (κ3) is 4.00. The molecular weight excluding hydrogens is 377 g/mol. The highest BCUT2D eigenvalue weighted by Crippen LogP contribution is 2.29. The summed E-state index contributed by atoms with van der Waals surface area (Å²) in [5.74, 6) is -0.185. The number of carbonyl (C=O) groups excluding carboxylic acids is 1. The van der Waals surface area contributed by atoms with Crippen molar-refractivity contribution in [3.63, 3.8) is 0 Å². The summed E-state index contributed by atoms with van der Waals surface area (Å²) in [5.41, 5.74) is 2.24. The van der Waals surface area contributed by atoms with Gasteiger partial charge < -0.3 is 5.32 Å². The average Bonchev–Trinajstić information content (AvgIpc) is 2.97. The third-order valence-corrected chi connectivity index (χ3v) is 5.40. The van der Waals surface area contributed by atoms with Crippen LogP contribution in [0, 0.1) is 6.92 Å². The Morgan fingerprint density at radius 1 is 1.24 bits per heavy atom. The SMILES string of the molecule is Cc1nc(-c2ccccn2)sc1C(=O)N[C@@H](C)c1ccc(Cl)cc1Cl. The second-order valence-electron chi connectivity index (χ2n) is 5.51. The van der Waals surface area contributed by atoms with Crippen molar-refractivity contribution in [3.05, 3.63) is 68.8 Å². The molecule has 4 nitrogen and oxygen atoms in total. The Bertz CT molecular complexity index is 912. The van der Waals surface area contributed by atoms with Gasteiger partial charge in [-0.3, -0.25) is 9.78 Å². The second kappa shape index (κ2) is 7.52. The molecule has 0 aliphatic rings. The van der Waals surface area contributed by atoms with Crippen LogP contribution in [0.3, 0.4) is 0 Å². The summed E-state index contributed by atoms with van der Waals surface area (Å²) in [6, 6.07) is 10.6. The molecule has 25 heavy (non-hydrogen) atoms. The molecule has 128 valence electrons. The van der Waals surface area contributed by atoms with Gasteiger partial charge in [-0.05, 0) is 43.7 Å². The molecule has 1 amide bonds. The molecule has 0 unspecified atom stereocenters. The summed E-state index contributed by atoms with van der Waals surface area (Å²) in [5, 5.41) is 4.77. The van der Waals surface area contributed by atoms with Crippen molar-refractivity contribution in [2.24, 2.45) is 0 Å². The highest BCUT2D eigenvalue weighted by molar-refractivity contribution is 7.17. The van der Waals surface area contributed by atoms with Crippen LogP contribution in [0.1, 0.15) is 33.9 Å². The molecule has 2 aromatic heterocycles. The molecule has 3 rings (SSSR count). The highest BCUT2D eigenvalue weighted by atomic mass is 35.5. The summed E-state index contributed by atoms with van der Waals surface area (Å²) >= 11 is 13.5. The lowest BCUT2D eigenvalue weighted by Gasteiger charge is -2.15. The summed E-state index contributed by atoms with van der Waals surface area (Å²) in [6.45, 7) is 3.70. The van der Waals surface area contributed by atoms with Crippen LogP contribution < -0.4 is 5.32 Å². The first kappa shape index (κ1) is 17.9. The number of amides is 1. The van der Waals surface area contributed by atoms with Crippen molar-refractivity contribution in [1.29, 1.82) is 0 Å². The fourth-order valence-corrected chi connectivity index (χ4v) is 3.92. The first-order valence-electron chi connectivity index (χ1n) is 7.60. The molecule has 0 saturated heterocycles. The molecule has 0 aliphatic heterocycles. The number of benzene rings is 1. The zero-order valence-corrected chi connectivity index (χ0v) is 15.9. The van der Waals surface area contributed by atoms with E-state index in [-0.39, 0.29) is 11.9 Å². The van der Waals surface area contributed by atoms with Gasteiger partial charge in [0.05, 0.1) is 17.4 Å². The number of nitrogens with zero attached hydrogens (tertiary/aromatic N) is 2. The van der Waals surface area contributed by atoms with Crippen molar-refractivity contribution in [1.82, 2.24) is 15.3 Å². The number of carbonyl (C=O) groups is 1. The van der Waals surface area contributed by atoms with Gasteiger partial charge in [0.25, 0.3) is 5.91 Å². The Hall–Kier alpha value is -1.95. The molecule has 0 spiro atoms. The van der Waals surface area contributed by atoms with Crippen LogP contribution in [0.5, 0.6) is 0 Å². The number of thiazole rings is 1. The van der Waals surface area contributed by atoms with Crippen LogP contribution in [0.2, 0.25) is 10.0 Å². The summed E-state index contributed by atoms with van der Waals surface area (Å²) in [7, 11) is 0. The van der Waals surface area contributed by atoms with E-state index in [1.165, 1.54) is 11.3 Å². The number of rotatable bonds is 4. The predicted molar refractivity (Wildman–Crippen MR) is 102 cm³/mol. The lowest BCUT2D eigenvalue weighted by atomic mass is 10.1. The van der Waals surface area contributed by atoms with Crippen LogP contribution in [-0.4, -0.2) is 15.9 Å². The quantitative estimate of drug-likeness (QED) is 0.655. The number of halogens is 2. The van der Waals surface area contributed by atoms with Crippen molar-refractivity contribution < 1.29 is 4.79 Å². The number of aryl methyl sites for hydroxylation is 1. The maximum Gasteiger partial charge on any atom is 0.263 e. The van der Waals surface area contributed by atoms with E-state index in [1.54, 1.807) is 18.3 Å². The van der Waals surface area contributed by atoms with E-state index in [0.717, 1.165) is 16.3 Å². The smallest absolute Gasteiger partial charge is 0.263 e. The Balaban J connectivity index is 1.80. The Labute approximate surface area is 159 Å². The topological polar surface area (TPSA) is 54.9 Å². The Morgan fingerprint density at radius 3 is 2.72 bits per heavy atom. The van der Waals surface area contributed by atoms with Gasteiger partial charge in [0, 0.05) is 16.2 Å². The third-order valence-electron chi connectivity index (χ3n) is 3.66. The molecule has 0 radical (unpaired) electrons. The molecule has 1 N–H and O–H groups in total. The van der Waals surface area contributed by atoms with Crippen molar-refractivity contribution in [3.8, 4) is 10.7 Å². The number of nitrogens with one attached hydrogen (secondary N) is 1. The van der Waals surface area contributed by atoms with E-state index in [1.807, 2.05) is 38.1 Å². The highest BCUT2D eigenvalue weighted by Gasteiger charge is 2.20.